The first-order chi connectivity index (χ1) is 9.41. The lowest BCUT2D eigenvalue weighted by molar-refractivity contribution is 0.0381. The van der Waals surface area contributed by atoms with Crippen LogP contribution in [0.5, 0.6) is 0 Å². The maximum Gasteiger partial charge on any atom is 0.0819 e. The molecule has 0 unspecified atom stereocenters. The van der Waals surface area contributed by atoms with Crippen molar-refractivity contribution in [1.29, 1.82) is 0 Å². The van der Waals surface area contributed by atoms with Gasteiger partial charge in [0.2, 0.25) is 0 Å². The van der Waals surface area contributed by atoms with Crippen LogP contribution in [-0.4, -0.2) is 17.3 Å². The summed E-state index contributed by atoms with van der Waals surface area (Å²) in [7, 11) is 0. The summed E-state index contributed by atoms with van der Waals surface area (Å²) in [5.41, 5.74) is 2.08. The first-order valence-corrected chi connectivity index (χ1v) is 7.97. The van der Waals surface area contributed by atoms with E-state index in [1.165, 1.54) is 18.4 Å². The van der Waals surface area contributed by atoms with Gasteiger partial charge in [0, 0.05) is 12.2 Å². The van der Waals surface area contributed by atoms with Gasteiger partial charge in [-0.3, -0.25) is 0 Å². The highest BCUT2D eigenvalue weighted by Gasteiger charge is 2.28. The minimum absolute atomic E-state index is 0.121. The van der Waals surface area contributed by atoms with E-state index in [1.807, 2.05) is 0 Å². The third-order valence-electron chi connectivity index (χ3n) is 4.38. The van der Waals surface area contributed by atoms with E-state index >= 15 is 0 Å². The number of para-hydroxylation sites is 1. The third-order valence-corrected chi connectivity index (χ3v) is 4.38. The molecule has 20 heavy (non-hydrogen) atoms. The van der Waals surface area contributed by atoms with Gasteiger partial charge in [-0.05, 0) is 29.9 Å². The molecule has 1 aliphatic rings. The molecule has 0 amide bonds. The van der Waals surface area contributed by atoms with Crippen LogP contribution in [0.3, 0.4) is 0 Å². The topological polar surface area (TPSA) is 32.3 Å². The molecule has 112 valence electrons. The van der Waals surface area contributed by atoms with E-state index in [2.05, 4.69) is 50.4 Å². The Morgan fingerprint density at radius 3 is 2.25 bits per heavy atom. The molecular formula is C18H29NO. The van der Waals surface area contributed by atoms with Crippen molar-refractivity contribution in [3.8, 4) is 0 Å². The minimum atomic E-state index is -0.526. The van der Waals surface area contributed by atoms with Crippen LogP contribution in [0, 0.1) is 0 Å². The first-order valence-electron chi connectivity index (χ1n) is 7.97. The molecule has 0 radical (unpaired) electrons. The molecular weight excluding hydrogens is 246 g/mol. The Balaban J connectivity index is 2.07. The molecule has 1 aliphatic carbocycles. The predicted molar refractivity (Wildman–Crippen MR) is 86.3 cm³/mol. The predicted octanol–water partition coefficient (Wildman–Crippen LogP) is 4.48. The Bertz CT molecular complexity index is 425. The first kappa shape index (κ1) is 15.4. The zero-order chi connectivity index (χ0) is 14.6. The second-order valence-corrected chi connectivity index (χ2v) is 7.29. The van der Waals surface area contributed by atoms with Crippen LogP contribution in [-0.2, 0) is 5.41 Å². The molecule has 0 spiro atoms. The second kappa shape index (κ2) is 6.17. The largest absolute Gasteiger partial charge is 0.388 e. The fourth-order valence-corrected chi connectivity index (χ4v) is 3.11. The van der Waals surface area contributed by atoms with E-state index in [0.717, 1.165) is 31.4 Å². The zero-order valence-corrected chi connectivity index (χ0v) is 13.2. The molecule has 2 N–H and O–H groups in total. The number of nitrogens with one attached hydrogen (secondary N) is 1. The van der Waals surface area contributed by atoms with Crippen LogP contribution in [0.15, 0.2) is 24.3 Å². The molecule has 0 aromatic heterocycles. The number of hydrogen-bond donors (Lipinski definition) is 2. The highest BCUT2D eigenvalue weighted by atomic mass is 16.3. The molecule has 0 bridgehead atoms. The lowest BCUT2D eigenvalue weighted by Crippen LogP contribution is -2.36. The van der Waals surface area contributed by atoms with E-state index in [0.29, 0.717) is 6.54 Å². The van der Waals surface area contributed by atoms with Gasteiger partial charge in [-0.2, -0.15) is 0 Å². The third kappa shape index (κ3) is 3.99. The molecule has 1 saturated carbocycles. The van der Waals surface area contributed by atoms with E-state index in [-0.39, 0.29) is 5.41 Å². The molecule has 2 nitrogen and oxygen atoms in total. The van der Waals surface area contributed by atoms with Crippen molar-refractivity contribution in [1.82, 2.24) is 0 Å². The number of rotatable bonds is 3. The Labute approximate surface area is 123 Å². The van der Waals surface area contributed by atoms with Crippen molar-refractivity contribution in [3.63, 3.8) is 0 Å². The van der Waals surface area contributed by atoms with Crippen molar-refractivity contribution < 1.29 is 5.11 Å². The molecule has 1 aromatic rings. The van der Waals surface area contributed by atoms with E-state index in [4.69, 9.17) is 0 Å². The summed E-state index contributed by atoms with van der Waals surface area (Å²) < 4.78 is 0. The summed E-state index contributed by atoms with van der Waals surface area (Å²) >= 11 is 0. The molecule has 0 heterocycles. The fraction of sp³-hybridized carbons (Fsp3) is 0.667. The van der Waals surface area contributed by atoms with Crippen LogP contribution in [0.4, 0.5) is 5.69 Å². The average Bonchev–Trinajstić information content (AvgIpc) is 2.61. The van der Waals surface area contributed by atoms with Crippen LogP contribution in [0.25, 0.3) is 0 Å². The lowest BCUT2D eigenvalue weighted by atomic mass is 9.85. The fourth-order valence-electron chi connectivity index (χ4n) is 3.11. The van der Waals surface area contributed by atoms with E-state index in [9.17, 15) is 5.11 Å². The van der Waals surface area contributed by atoms with Gasteiger partial charge in [0.1, 0.15) is 0 Å². The molecule has 0 atom stereocenters. The van der Waals surface area contributed by atoms with Gasteiger partial charge in [-0.25, -0.2) is 0 Å². The maximum absolute atomic E-state index is 10.7. The molecule has 0 saturated heterocycles. The van der Waals surface area contributed by atoms with Gasteiger partial charge in [-0.1, -0.05) is 64.7 Å². The maximum atomic E-state index is 10.7. The van der Waals surface area contributed by atoms with Crippen LogP contribution >= 0.6 is 0 Å². The Morgan fingerprint density at radius 1 is 1.05 bits per heavy atom. The summed E-state index contributed by atoms with van der Waals surface area (Å²) in [5, 5.41) is 14.3. The monoisotopic (exact) mass is 275 g/mol. The summed E-state index contributed by atoms with van der Waals surface area (Å²) in [4.78, 5) is 0. The highest BCUT2D eigenvalue weighted by molar-refractivity contribution is 5.54. The SMILES string of the molecule is CC(C)(C)c1ccccc1NCC1(O)CCCCCC1. The number of anilines is 1. The average molecular weight is 275 g/mol. The molecule has 2 heteroatoms. The number of hydrogen-bond acceptors (Lipinski definition) is 2. The lowest BCUT2D eigenvalue weighted by Gasteiger charge is -2.29. The normalized spacial score (nSPS) is 19.4. The van der Waals surface area contributed by atoms with Crippen molar-refractivity contribution in [2.24, 2.45) is 0 Å². The summed E-state index contributed by atoms with van der Waals surface area (Å²) in [5.74, 6) is 0. The van der Waals surface area contributed by atoms with Gasteiger partial charge in [0.05, 0.1) is 5.60 Å². The van der Waals surface area contributed by atoms with Crippen molar-refractivity contribution in [2.45, 2.75) is 70.3 Å². The van der Waals surface area contributed by atoms with Gasteiger partial charge in [-0.15, -0.1) is 0 Å². The quantitative estimate of drug-likeness (QED) is 0.797. The minimum Gasteiger partial charge on any atom is -0.388 e. The second-order valence-electron chi connectivity index (χ2n) is 7.29. The van der Waals surface area contributed by atoms with E-state index < -0.39 is 5.60 Å². The highest BCUT2D eigenvalue weighted by Crippen LogP contribution is 2.31. The van der Waals surface area contributed by atoms with Crippen molar-refractivity contribution >= 4 is 5.69 Å². The van der Waals surface area contributed by atoms with Crippen LogP contribution in [0.2, 0.25) is 0 Å². The standard InChI is InChI=1S/C18H29NO/c1-17(2,3)15-10-6-7-11-16(15)19-14-18(20)12-8-4-5-9-13-18/h6-7,10-11,19-20H,4-5,8-9,12-14H2,1-3H3. The Hall–Kier alpha value is -1.02. The summed E-state index contributed by atoms with van der Waals surface area (Å²) in [6.45, 7) is 7.36. The van der Waals surface area contributed by atoms with Gasteiger partial charge < -0.3 is 10.4 Å². The van der Waals surface area contributed by atoms with Crippen LogP contribution < -0.4 is 5.32 Å². The molecule has 1 aromatic carbocycles. The smallest absolute Gasteiger partial charge is 0.0819 e. The molecule has 1 fully saturated rings. The van der Waals surface area contributed by atoms with Gasteiger partial charge >= 0.3 is 0 Å². The van der Waals surface area contributed by atoms with Crippen molar-refractivity contribution in [3.05, 3.63) is 29.8 Å². The summed E-state index contributed by atoms with van der Waals surface area (Å²) in [6.07, 6.45) is 6.69. The number of aliphatic hydroxyl groups is 1. The molecule has 2 rings (SSSR count). The van der Waals surface area contributed by atoms with Gasteiger partial charge in [0.15, 0.2) is 0 Å². The number of benzene rings is 1. The molecule has 0 aliphatic heterocycles. The summed E-state index contributed by atoms with van der Waals surface area (Å²) in [6, 6.07) is 8.46. The Kier molecular flexibility index (Phi) is 4.74. The Morgan fingerprint density at radius 2 is 1.65 bits per heavy atom. The van der Waals surface area contributed by atoms with Crippen LogP contribution in [0.1, 0.15) is 64.9 Å². The van der Waals surface area contributed by atoms with E-state index in [1.54, 1.807) is 0 Å². The van der Waals surface area contributed by atoms with Gasteiger partial charge in [0.25, 0.3) is 0 Å². The zero-order valence-electron chi connectivity index (χ0n) is 13.2. The van der Waals surface area contributed by atoms with Crippen molar-refractivity contribution in [2.75, 3.05) is 11.9 Å².